The highest BCUT2D eigenvalue weighted by atomic mass is 16.5. The third-order valence-electron chi connectivity index (χ3n) is 2.85. The van der Waals surface area contributed by atoms with Gasteiger partial charge in [-0.1, -0.05) is 12.1 Å². The number of imidazole rings is 1. The van der Waals surface area contributed by atoms with Crippen molar-refractivity contribution in [2.24, 2.45) is 0 Å². The van der Waals surface area contributed by atoms with Crippen LogP contribution in [0.15, 0.2) is 16.9 Å². The Bertz CT molecular complexity index is 484. The molecule has 0 aliphatic heterocycles. The van der Waals surface area contributed by atoms with Crippen molar-refractivity contribution >= 4 is 0 Å². The van der Waals surface area contributed by atoms with Gasteiger partial charge in [0.25, 0.3) is 0 Å². The number of aromatic nitrogens is 4. The summed E-state index contributed by atoms with van der Waals surface area (Å²) >= 11 is 0. The van der Waals surface area contributed by atoms with Gasteiger partial charge in [-0.15, -0.1) is 0 Å². The normalized spacial score (nSPS) is 15.6. The minimum atomic E-state index is 0.547. The van der Waals surface area contributed by atoms with Crippen LogP contribution >= 0.6 is 0 Å². The molecule has 5 nitrogen and oxygen atoms in total. The van der Waals surface area contributed by atoms with Gasteiger partial charge in [0, 0.05) is 24.7 Å². The zero-order valence-electron chi connectivity index (χ0n) is 9.26. The van der Waals surface area contributed by atoms with Crippen molar-refractivity contribution in [1.29, 1.82) is 0 Å². The van der Waals surface area contributed by atoms with E-state index in [1.165, 1.54) is 12.8 Å². The molecular weight excluding hydrogens is 204 g/mol. The Hall–Kier alpha value is -1.65. The van der Waals surface area contributed by atoms with Gasteiger partial charge in [-0.25, -0.2) is 4.98 Å². The van der Waals surface area contributed by atoms with E-state index in [4.69, 9.17) is 4.52 Å². The molecule has 1 aliphatic carbocycles. The van der Waals surface area contributed by atoms with E-state index in [2.05, 4.69) is 22.0 Å². The minimum absolute atomic E-state index is 0.547. The Balaban J connectivity index is 1.77. The van der Waals surface area contributed by atoms with Crippen LogP contribution in [0.1, 0.15) is 43.2 Å². The van der Waals surface area contributed by atoms with Crippen LogP contribution in [0.5, 0.6) is 0 Å². The van der Waals surface area contributed by atoms with Gasteiger partial charge in [0.1, 0.15) is 12.4 Å². The highest BCUT2D eigenvalue weighted by Gasteiger charge is 2.28. The van der Waals surface area contributed by atoms with E-state index in [0.29, 0.717) is 18.4 Å². The van der Waals surface area contributed by atoms with Crippen molar-refractivity contribution in [2.75, 3.05) is 0 Å². The first-order chi connectivity index (χ1) is 7.86. The Labute approximate surface area is 93.5 Å². The lowest BCUT2D eigenvalue weighted by atomic mass is 10.4. The Kier molecular flexibility index (Phi) is 2.23. The fourth-order valence-electron chi connectivity index (χ4n) is 1.78. The van der Waals surface area contributed by atoms with Gasteiger partial charge in [-0.2, -0.15) is 4.98 Å². The Morgan fingerprint density at radius 2 is 2.38 bits per heavy atom. The van der Waals surface area contributed by atoms with Gasteiger partial charge >= 0.3 is 0 Å². The average Bonchev–Trinajstić information content (AvgIpc) is 2.88. The molecule has 16 heavy (non-hydrogen) atoms. The molecule has 2 aromatic rings. The standard InChI is InChI=1S/C11H14N4O/c1-2-9-12-5-6-15(9)7-10-13-11(14-16-10)8-3-4-8/h5-6,8H,2-4,7H2,1H3. The van der Waals surface area contributed by atoms with E-state index in [1.54, 1.807) is 6.20 Å². The molecule has 5 heteroatoms. The number of nitrogens with zero attached hydrogens (tertiary/aromatic N) is 4. The van der Waals surface area contributed by atoms with Crippen LogP contribution in [0, 0.1) is 0 Å². The largest absolute Gasteiger partial charge is 0.337 e. The summed E-state index contributed by atoms with van der Waals surface area (Å²) in [4.78, 5) is 8.65. The second-order valence-corrected chi connectivity index (χ2v) is 4.15. The topological polar surface area (TPSA) is 56.7 Å². The van der Waals surface area contributed by atoms with Gasteiger partial charge in [-0.05, 0) is 12.8 Å². The molecule has 0 spiro atoms. The quantitative estimate of drug-likeness (QED) is 0.784. The zero-order valence-corrected chi connectivity index (χ0v) is 9.26. The lowest BCUT2D eigenvalue weighted by molar-refractivity contribution is 0.365. The van der Waals surface area contributed by atoms with E-state index in [9.17, 15) is 0 Å². The molecule has 2 heterocycles. The van der Waals surface area contributed by atoms with Gasteiger partial charge in [0.05, 0.1) is 0 Å². The number of aryl methyl sites for hydroxylation is 1. The molecule has 84 valence electrons. The summed E-state index contributed by atoms with van der Waals surface area (Å²) < 4.78 is 7.27. The molecule has 0 atom stereocenters. The average molecular weight is 218 g/mol. The highest BCUT2D eigenvalue weighted by molar-refractivity contribution is 5.04. The summed E-state index contributed by atoms with van der Waals surface area (Å²) in [5.74, 6) is 3.14. The van der Waals surface area contributed by atoms with Crippen LogP contribution in [0.25, 0.3) is 0 Å². The number of hydrogen-bond donors (Lipinski definition) is 0. The van der Waals surface area contributed by atoms with Gasteiger partial charge in [-0.3, -0.25) is 0 Å². The highest BCUT2D eigenvalue weighted by Crippen LogP contribution is 2.38. The third-order valence-corrected chi connectivity index (χ3v) is 2.85. The molecule has 0 saturated heterocycles. The molecule has 0 bridgehead atoms. The minimum Gasteiger partial charge on any atom is -0.337 e. The van der Waals surface area contributed by atoms with Gasteiger partial charge in [0.15, 0.2) is 5.82 Å². The molecule has 0 radical (unpaired) electrons. The first-order valence-electron chi connectivity index (χ1n) is 5.69. The van der Waals surface area contributed by atoms with Crippen LogP contribution < -0.4 is 0 Å². The monoisotopic (exact) mass is 218 g/mol. The zero-order chi connectivity index (χ0) is 11.0. The SMILES string of the molecule is CCc1nccn1Cc1nc(C2CC2)no1. The summed E-state index contributed by atoms with van der Waals surface area (Å²) in [6, 6.07) is 0. The summed E-state index contributed by atoms with van der Waals surface area (Å²) in [5, 5.41) is 3.99. The third kappa shape index (κ3) is 1.73. The van der Waals surface area contributed by atoms with E-state index in [1.807, 2.05) is 10.8 Å². The number of hydrogen-bond acceptors (Lipinski definition) is 4. The van der Waals surface area contributed by atoms with Crippen LogP contribution in [0.4, 0.5) is 0 Å². The first-order valence-corrected chi connectivity index (χ1v) is 5.69. The summed E-state index contributed by atoms with van der Waals surface area (Å²) in [7, 11) is 0. The molecular formula is C11H14N4O. The van der Waals surface area contributed by atoms with Crippen molar-refractivity contribution in [3.05, 3.63) is 29.9 Å². The van der Waals surface area contributed by atoms with Gasteiger partial charge in [0.2, 0.25) is 5.89 Å². The molecule has 0 unspecified atom stereocenters. The Morgan fingerprint density at radius 1 is 1.50 bits per heavy atom. The summed E-state index contributed by atoms with van der Waals surface area (Å²) in [5.41, 5.74) is 0. The fraction of sp³-hybridized carbons (Fsp3) is 0.545. The lowest BCUT2D eigenvalue weighted by Crippen LogP contribution is -2.03. The fourth-order valence-corrected chi connectivity index (χ4v) is 1.78. The molecule has 3 rings (SSSR count). The second kappa shape index (κ2) is 3.73. The number of rotatable bonds is 4. The van der Waals surface area contributed by atoms with Crippen molar-refractivity contribution in [2.45, 2.75) is 38.6 Å². The van der Waals surface area contributed by atoms with Crippen molar-refractivity contribution in [3.63, 3.8) is 0 Å². The van der Waals surface area contributed by atoms with Crippen LogP contribution in [0.2, 0.25) is 0 Å². The van der Waals surface area contributed by atoms with Crippen LogP contribution in [0.3, 0.4) is 0 Å². The second-order valence-electron chi connectivity index (χ2n) is 4.15. The van der Waals surface area contributed by atoms with Crippen LogP contribution in [-0.4, -0.2) is 19.7 Å². The van der Waals surface area contributed by atoms with Crippen molar-refractivity contribution < 1.29 is 4.52 Å². The Morgan fingerprint density at radius 3 is 3.12 bits per heavy atom. The van der Waals surface area contributed by atoms with E-state index < -0.39 is 0 Å². The molecule has 2 aromatic heterocycles. The van der Waals surface area contributed by atoms with E-state index in [0.717, 1.165) is 18.1 Å². The van der Waals surface area contributed by atoms with E-state index in [-0.39, 0.29) is 0 Å². The van der Waals surface area contributed by atoms with Crippen LogP contribution in [-0.2, 0) is 13.0 Å². The molecule has 0 N–H and O–H groups in total. The lowest BCUT2D eigenvalue weighted by Gasteiger charge is -2.01. The first kappa shape index (κ1) is 9.57. The molecule has 0 amide bonds. The predicted octanol–water partition coefficient (Wildman–Crippen LogP) is 1.75. The smallest absolute Gasteiger partial charge is 0.246 e. The predicted molar refractivity (Wildman–Crippen MR) is 57.0 cm³/mol. The van der Waals surface area contributed by atoms with Crippen molar-refractivity contribution in [1.82, 2.24) is 19.7 Å². The van der Waals surface area contributed by atoms with Gasteiger partial charge < -0.3 is 9.09 Å². The molecule has 0 aromatic carbocycles. The molecule has 1 aliphatic rings. The maximum Gasteiger partial charge on any atom is 0.246 e. The van der Waals surface area contributed by atoms with E-state index >= 15 is 0 Å². The summed E-state index contributed by atoms with van der Waals surface area (Å²) in [6.45, 7) is 2.71. The van der Waals surface area contributed by atoms with Crippen molar-refractivity contribution in [3.8, 4) is 0 Å². The molecule has 1 fully saturated rings. The maximum atomic E-state index is 5.23. The maximum absolute atomic E-state index is 5.23. The summed E-state index contributed by atoms with van der Waals surface area (Å²) in [6.07, 6.45) is 7.06. The molecule has 1 saturated carbocycles.